The molecule has 1 aromatic heterocycles. The van der Waals surface area contributed by atoms with Crippen molar-refractivity contribution < 1.29 is 13.6 Å². The van der Waals surface area contributed by atoms with Crippen LogP contribution in [0.3, 0.4) is 0 Å². The third-order valence-electron chi connectivity index (χ3n) is 3.27. The Bertz CT molecular complexity index is 840. The van der Waals surface area contributed by atoms with E-state index in [1.807, 2.05) is 24.3 Å². The zero-order valence-corrected chi connectivity index (χ0v) is 12.9. The summed E-state index contributed by atoms with van der Waals surface area (Å²) in [5, 5.41) is 3.25. The van der Waals surface area contributed by atoms with Crippen LogP contribution in [-0.4, -0.2) is 10.5 Å². The highest BCUT2D eigenvalue weighted by atomic mass is 79.9. The lowest BCUT2D eigenvalue weighted by Crippen LogP contribution is -2.19. The second-order valence-electron chi connectivity index (χ2n) is 4.79. The molecule has 3 aromatic rings. The third-order valence-corrected chi connectivity index (χ3v) is 3.77. The van der Waals surface area contributed by atoms with E-state index in [4.69, 9.17) is 0 Å². The number of hydrogen-bond acceptors (Lipinski definition) is 1. The van der Waals surface area contributed by atoms with Gasteiger partial charge in [0.05, 0.1) is 0 Å². The maximum absolute atomic E-state index is 13.5. The van der Waals surface area contributed by atoms with Gasteiger partial charge in [-0.1, -0.05) is 22.0 Å². The highest BCUT2D eigenvalue weighted by Crippen LogP contribution is 2.22. The Hall–Kier alpha value is -2.21. The van der Waals surface area contributed by atoms with Crippen molar-refractivity contribution in [3.8, 4) is 0 Å². The standard InChI is InChI=1S/C16H11BrF2N2O/c17-11-4-5-14-10(8-11)6-7-21(14)9-15(22)20-16-12(18)2-1-3-13(16)19/h1-8H,9H2,(H,20,22). The van der Waals surface area contributed by atoms with Crippen molar-refractivity contribution in [3.05, 3.63) is 64.8 Å². The molecule has 0 aliphatic rings. The number of aromatic nitrogens is 1. The number of rotatable bonds is 3. The predicted octanol–water partition coefficient (Wildman–Crippen LogP) is 4.32. The molecule has 1 heterocycles. The number of hydrogen-bond donors (Lipinski definition) is 1. The first-order valence-electron chi connectivity index (χ1n) is 6.53. The van der Waals surface area contributed by atoms with Crippen LogP contribution in [0.4, 0.5) is 14.5 Å². The summed E-state index contributed by atoms with van der Waals surface area (Å²) in [6.07, 6.45) is 1.76. The number of amides is 1. The number of benzene rings is 2. The van der Waals surface area contributed by atoms with E-state index in [1.54, 1.807) is 10.8 Å². The second-order valence-corrected chi connectivity index (χ2v) is 5.71. The monoisotopic (exact) mass is 364 g/mol. The highest BCUT2D eigenvalue weighted by molar-refractivity contribution is 9.10. The van der Waals surface area contributed by atoms with Crippen molar-refractivity contribution in [2.45, 2.75) is 6.54 Å². The van der Waals surface area contributed by atoms with E-state index in [9.17, 15) is 13.6 Å². The molecule has 112 valence electrons. The van der Waals surface area contributed by atoms with E-state index < -0.39 is 23.2 Å². The number of nitrogens with one attached hydrogen (secondary N) is 1. The molecule has 0 saturated heterocycles. The number of para-hydroxylation sites is 1. The Kier molecular flexibility index (Phi) is 3.94. The lowest BCUT2D eigenvalue weighted by atomic mass is 10.2. The van der Waals surface area contributed by atoms with E-state index >= 15 is 0 Å². The number of fused-ring (bicyclic) bond motifs is 1. The molecule has 1 amide bonds. The molecule has 0 unspecified atom stereocenters. The Morgan fingerprint density at radius 3 is 2.59 bits per heavy atom. The predicted molar refractivity (Wildman–Crippen MR) is 84.6 cm³/mol. The summed E-state index contributed by atoms with van der Waals surface area (Å²) in [6.45, 7) is -0.0289. The van der Waals surface area contributed by atoms with Gasteiger partial charge in [0.25, 0.3) is 0 Å². The van der Waals surface area contributed by atoms with Gasteiger partial charge in [-0.15, -0.1) is 0 Å². The Balaban J connectivity index is 1.82. The van der Waals surface area contributed by atoms with Gasteiger partial charge in [-0.05, 0) is 36.4 Å². The Labute approximate surface area is 133 Å². The number of halogens is 3. The zero-order chi connectivity index (χ0) is 15.7. The summed E-state index contributed by atoms with van der Waals surface area (Å²) in [7, 11) is 0. The lowest BCUT2D eigenvalue weighted by Gasteiger charge is -2.09. The van der Waals surface area contributed by atoms with Crippen LogP contribution in [0.5, 0.6) is 0 Å². The largest absolute Gasteiger partial charge is 0.338 e. The molecule has 0 radical (unpaired) electrons. The van der Waals surface area contributed by atoms with E-state index in [-0.39, 0.29) is 6.54 Å². The number of carbonyl (C=O) groups is 1. The molecular formula is C16H11BrF2N2O. The molecule has 0 fully saturated rings. The third kappa shape index (κ3) is 2.87. The number of nitrogens with zero attached hydrogens (tertiary/aromatic N) is 1. The van der Waals surface area contributed by atoms with Crippen molar-refractivity contribution in [1.82, 2.24) is 4.57 Å². The molecule has 0 aliphatic heterocycles. The fourth-order valence-electron chi connectivity index (χ4n) is 2.26. The van der Waals surface area contributed by atoms with Gasteiger partial charge < -0.3 is 9.88 Å². The first kappa shape index (κ1) is 14.7. The molecular weight excluding hydrogens is 354 g/mol. The summed E-state index contributed by atoms with van der Waals surface area (Å²) >= 11 is 3.38. The van der Waals surface area contributed by atoms with E-state index in [1.165, 1.54) is 6.07 Å². The minimum atomic E-state index is -0.797. The van der Waals surface area contributed by atoms with Gasteiger partial charge in [-0.3, -0.25) is 4.79 Å². The molecule has 0 atom stereocenters. The highest BCUT2D eigenvalue weighted by Gasteiger charge is 2.13. The Morgan fingerprint density at radius 1 is 1.14 bits per heavy atom. The fourth-order valence-corrected chi connectivity index (χ4v) is 2.64. The quantitative estimate of drug-likeness (QED) is 0.737. The first-order chi connectivity index (χ1) is 10.5. The average molecular weight is 365 g/mol. The van der Waals surface area contributed by atoms with Crippen molar-refractivity contribution >= 4 is 38.4 Å². The smallest absolute Gasteiger partial charge is 0.244 e. The van der Waals surface area contributed by atoms with Crippen molar-refractivity contribution in [2.75, 3.05) is 5.32 Å². The van der Waals surface area contributed by atoms with Crippen LogP contribution in [0.25, 0.3) is 10.9 Å². The van der Waals surface area contributed by atoms with Crippen LogP contribution < -0.4 is 5.32 Å². The van der Waals surface area contributed by atoms with Crippen molar-refractivity contribution in [1.29, 1.82) is 0 Å². The average Bonchev–Trinajstić information content (AvgIpc) is 2.85. The van der Waals surface area contributed by atoms with E-state index in [2.05, 4.69) is 21.2 Å². The van der Waals surface area contributed by atoms with Crippen LogP contribution in [0.15, 0.2) is 53.1 Å². The van der Waals surface area contributed by atoms with Crippen LogP contribution >= 0.6 is 15.9 Å². The fraction of sp³-hybridized carbons (Fsp3) is 0.0625. The van der Waals surface area contributed by atoms with Crippen LogP contribution in [0.2, 0.25) is 0 Å². The van der Waals surface area contributed by atoms with E-state index in [0.29, 0.717) is 0 Å². The minimum absolute atomic E-state index is 0.0289. The first-order valence-corrected chi connectivity index (χ1v) is 7.32. The van der Waals surface area contributed by atoms with Gasteiger partial charge in [0.1, 0.15) is 23.9 Å². The summed E-state index contributed by atoms with van der Waals surface area (Å²) in [4.78, 5) is 12.0. The van der Waals surface area contributed by atoms with E-state index in [0.717, 1.165) is 27.5 Å². The summed E-state index contributed by atoms with van der Waals surface area (Å²) < 4.78 is 29.7. The maximum Gasteiger partial charge on any atom is 0.244 e. The number of carbonyl (C=O) groups excluding carboxylic acids is 1. The molecule has 22 heavy (non-hydrogen) atoms. The van der Waals surface area contributed by atoms with Gasteiger partial charge in [0, 0.05) is 21.6 Å². The van der Waals surface area contributed by atoms with Crippen LogP contribution in [-0.2, 0) is 11.3 Å². The minimum Gasteiger partial charge on any atom is -0.338 e. The molecule has 0 saturated carbocycles. The summed E-state index contributed by atoms with van der Waals surface area (Å²) in [5.41, 5.74) is 0.444. The van der Waals surface area contributed by atoms with Gasteiger partial charge in [-0.2, -0.15) is 0 Å². The van der Waals surface area contributed by atoms with Gasteiger partial charge >= 0.3 is 0 Å². The molecule has 3 rings (SSSR count). The zero-order valence-electron chi connectivity index (χ0n) is 11.3. The normalized spacial score (nSPS) is 10.9. The summed E-state index contributed by atoms with van der Waals surface area (Å²) in [6, 6.07) is 11.0. The SMILES string of the molecule is O=C(Cn1ccc2cc(Br)ccc21)Nc1c(F)cccc1F. The van der Waals surface area contributed by atoms with Crippen LogP contribution in [0.1, 0.15) is 0 Å². The Morgan fingerprint density at radius 2 is 1.86 bits per heavy atom. The molecule has 6 heteroatoms. The van der Waals surface area contributed by atoms with Crippen LogP contribution in [0, 0.1) is 11.6 Å². The molecule has 0 spiro atoms. The molecule has 1 N–H and O–H groups in total. The lowest BCUT2D eigenvalue weighted by molar-refractivity contribution is -0.116. The molecule has 0 bridgehead atoms. The van der Waals surface area contributed by atoms with Gasteiger partial charge in [-0.25, -0.2) is 8.78 Å². The van der Waals surface area contributed by atoms with Gasteiger partial charge in [0.2, 0.25) is 5.91 Å². The van der Waals surface area contributed by atoms with Gasteiger partial charge in [0.15, 0.2) is 0 Å². The molecule has 3 nitrogen and oxygen atoms in total. The molecule has 2 aromatic carbocycles. The molecule has 0 aliphatic carbocycles. The number of anilines is 1. The maximum atomic E-state index is 13.5. The van der Waals surface area contributed by atoms with Crippen molar-refractivity contribution in [2.24, 2.45) is 0 Å². The topological polar surface area (TPSA) is 34.0 Å². The summed E-state index contributed by atoms with van der Waals surface area (Å²) in [5.74, 6) is -2.09. The van der Waals surface area contributed by atoms with Crippen molar-refractivity contribution in [3.63, 3.8) is 0 Å². The second kappa shape index (κ2) is 5.88.